The van der Waals surface area contributed by atoms with E-state index in [1.165, 1.54) is 0 Å². The van der Waals surface area contributed by atoms with Gasteiger partial charge in [-0.3, -0.25) is 4.79 Å². The van der Waals surface area contributed by atoms with Gasteiger partial charge in [-0.15, -0.1) is 0 Å². The molecule has 0 saturated heterocycles. The second-order valence-corrected chi connectivity index (χ2v) is 5.11. The van der Waals surface area contributed by atoms with Crippen molar-refractivity contribution >= 4 is 17.6 Å². The van der Waals surface area contributed by atoms with Crippen LogP contribution in [0.5, 0.6) is 0 Å². The molecule has 0 saturated carbocycles. The molecule has 0 bridgehead atoms. The van der Waals surface area contributed by atoms with E-state index >= 15 is 0 Å². The number of aromatic nitrogens is 1. The molecule has 3 rings (SSSR count). The highest BCUT2D eigenvalue weighted by Crippen LogP contribution is 2.28. The highest BCUT2D eigenvalue weighted by atomic mass is 32.1. The number of benzene rings is 1. The lowest BCUT2D eigenvalue weighted by Gasteiger charge is -2.02. The van der Waals surface area contributed by atoms with Gasteiger partial charge < -0.3 is 4.57 Å². The van der Waals surface area contributed by atoms with Crippen molar-refractivity contribution in [3.8, 4) is 22.9 Å². The second-order valence-electron chi connectivity index (χ2n) is 4.33. The van der Waals surface area contributed by atoms with Crippen LogP contribution in [-0.2, 0) is 0 Å². The predicted octanol–water partition coefficient (Wildman–Crippen LogP) is 3.89. The topological polar surface area (TPSA) is 45.8 Å². The van der Waals surface area contributed by atoms with E-state index in [1.54, 1.807) is 23.5 Å². The van der Waals surface area contributed by atoms with Crippen LogP contribution in [0.15, 0.2) is 53.5 Å². The van der Waals surface area contributed by atoms with Gasteiger partial charge in [0, 0.05) is 29.2 Å². The summed E-state index contributed by atoms with van der Waals surface area (Å²) in [6.45, 7) is 0. The summed E-state index contributed by atoms with van der Waals surface area (Å²) in [7, 11) is 0. The summed E-state index contributed by atoms with van der Waals surface area (Å²) in [6, 6.07) is 11.5. The summed E-state index contributed by atoms with van der Waals surface area (Å²) in [4.78, 5) is 10.7. The van der Waals surface area contributed by atoms with Gasteiger partial charge in [-0.2, -0.15) is 16.6 Å². The Morgan fingerprint density at radius 3 is 2.55 bits per heavy atom. The molecular formula is C16H10N2OS. The molecule has 3 aromatic rings. The van der Waals surface area contributed by atoms with E-state index < -0.39 is 0 Å². The Hall–Kier alpha value is -2.64. The van der Waals surface area contributed by atoms with Crippen LogP contribution < -0.4 is 0 Å². The first-order valence-electron chi connectivity index (χ1n) is 6.02. The number of aldehydes is 1. The van der Waals surface area contributed by atoms with Crippen LogP contribution in [0.25, 0.3) is 16.8 Å². The van der Waals surface area contributed by atoms with E-state index in [0.29, 0.717) is 11.1 Å². The minimum absolute atomic E-state index is 0.638. The fourth-order valence-electron chi connectivity index (χ4n) is 2.07. The van der Waals surface area contributed by atoms with Gasteiger partial charge >= 0.3 is 0 Å². The maximum Gasteiger partial charge on any atom is 0.150 e. The summed E-state index contributed by atoms with van der Waals surface area (Å²) in [5.41, 5.74) is 4.18. The third kappa shape index (κ3) is 2.15. The number of rotatable bonds is 3. The van der Waals surface area contributed by atoms with Gasteiger partial charge in [0.1, 0.15) is 12.4 Å². The Kier molecular flexibility index (Phi) is 3.20. The Morgan fingerprint density at radius 1 is 1.15 bits per heavy atom. The molecular weight excluding hydrogens is 268 g/mol. The van der Waals surface area contributed by atoms with Crippen molar-refractivity contribution in [2.45, 2.75) is 0 Å². The zero-order valence-electron chi connectivity index (χ0n) is 10.5. The van der Waals surface area contributed by atoms with E-state index in [4.69, 9.17) is 0 Å². The summed E-state index contributed by atoms with van der Waals surface area (Å²) < 4.78 is 1.90. The van der Waals surface area contributed by atoms with Gasteiger partial charge in [0.25, 0.3) is 0 Å². The molecule has 0 unspecified atom stereocenters. The van der Waals surface area contributed by atoms with Gasteiger partial charge in [-0.05, 0) is 46.7 Å². The average Bonchev–Trinajstić information content (AvgIpc) is 3.16. The summed E-state index contributed by atoms with van der Waals surface area (Å²) >= 11 is 1.61. The molecule has 1 aromatic carbocycles. The predicted molar refractivity (Wildman–Crippen MR) is 79.2 cm³/mol. The Morgan fingerprint density at radius 2 is 1.95 bits per heavy atom. The molecule has 0 N–H and O–H groups in total. The molecule has 20 heavy (non-hydrogen) atoms. The number of nitrogens with zero attached hydrogens (tertiary/aromatic N) is 2. The van der Waals surface area contributed by atoms with Crippen LogP contribution in [0.4, 0.5) is 0 Å². The van der Waals surface area contributed by atoms with Crippen LogP contribution in [0, 0.1) is 11.3 Å². The normalized spacial score (nSPS) is 10.2. The number of carbonyl (C=O) groups excluding carboxylic acids is 1. The van der Waals surface area contributed by atoms with Gasteiger partial charge in [0.05, 0.1) is 5.56 Å². The molecule has 4 heteroatoms. The first kappa shape index (κ1) is 12.4. The average molecular weight is 278 g/mol. The second kappa shape index (κ2) is 5.16. The van der Waals surface area contributed by atoms with Crippen molar-refractivity contribution in [3.05, 3.63) is 64.6 Å². The SMILES string of the molecule is N#Cc1cn(-c2ccc(C=O)cc2)cc1-c1ccsc1. The molecule has 0 amide bonds. The van der Waals surface area contributed by atoms with Crippen molar-refractivity contribution in [1.29, 1.82) is 5.26 Å². The summed E-state index contributed by atoms with van der Waals surface area (Å²) in [5.74, 6) is 0. The first-order chi connectivity index (χ1) is 9.81. The molecule has 2 heterocycles. The quantitative estimate of drug-likeness (QED) is 0.682. The van der Waals surface area contributed by atoms with Crippen molar-refractivity contribution < 1.29 is 4.79 Å². The molecule has 0 spiro atoms. The Balaban J connectivity index is 2.07. The van der Waals surface area contributed by atoms with E-state index in [1.807, 2.05) is 45.9 Å². The maximum absolute atomic E-state index is 10.7. The largest absolute Gasteiger partial charge is 0.322 e. The number of nitriles is 1. The monoisotopic (exact) mass is 278 g/mol. The van der Waals surface area contributed by atoms with Crippen molar-refractivity contribution in [1.82, 2.24) is 4.57 Å². The van der Waals surface area contributed by atoms with Gasteiger partial charge in [0.2, 0.25) is 0 Å². The lowest BCUT2D eigenvalue weighted by molar-refractivity contribution is 0.112. The molecule has 0 aliphatic carbocycles. The van der Waals surface area contributed by atoms with Crippen molar-refractivity contribution in [3.63, 3.8) is 0 Å². The lowest BCUT2D eigenvalue weighted by atomic mass is 10.1. The minimum atomic E-state index is 0.638. The number of thiophene rings is 1. The van der Waals surface area contributed by atoms with E-state index in [9.17, 15) is 10.1 Å². The molecule has 2 aromatic heterocycles. The van der Waals surface area contributed by atoms with Crippen LogP contribution in [-0.4, -0.2) is 10.9 Å². The highest BCUT2D eigenvalue weighted by Gasteiger charge is 2.10. The van der Waals surface area contributed by atoms with Crippen LogP contribution in [0.1, 0.15) is 15.9 Å². The number of carbonyl (C=O) groups is 1. The van der Waals surface area contributed by atoms with Crippen LogP contribution in [0.3, 0.4) is 0 Å². The minimum Gasteiger partial charge on any atom is -0.322 e. The summed E-state index contributed by atoms with van der Waals surface area (Å²) in [5, 5.41) is 13.3. The van der Waals surface area contributed by atoms with Crippen molar-refractivity contribution in [2.24, 2.45) is 0 Å². The molecule has 0 aliphatic rings. The maximum atomic E-state index is 10.7. The van der Waals surface area contributed by atoms with Gasteiger partial charge in [0.15, 0.2) is 0 Å². The zero-order chi connectivity index (χ0) is 13.9. The summed E-state index contributed by atoms with van der Waals surface area (Å²) in [6.07, 6.45) is 4.57. The Labute approximate surface area is 120 Å². The molecule has 96 valence electrons. The van der Waals surface area contributed by atoms with Crippen LogP contribution >= 0.6 is 11.3 Å². The first-order valence-corrected chi connectivity index (χ1v) is 6.96. The van der Waals surface area contributed by atoms with E-state index in [0.717, 1.165) is 23.1 Å². The molecule has 0 fully saturated rings. The number of hydrogen-bond donors (Lipinski definition) is 0. The zero-order valence-corrected chi connectivity index (χ0v) is 11.3. The lowest BCUT2D eigenvalue weighted by Crippen LogP contribution is -1.90. The third-order valence-electron chi connectivity index (χ3n) is 3.11. The standard InChI is InChI=1S/C16H10N2OS/c17-7-14-8-18(9-16(14)13-5-6-20-11-13)15-3-1-12(10-19)2-4-15/h1-6,8-11H. The smallest absolute Gasteiger partial charge is 0.150 e. The fraction of sp³-hybridized carbons (Fsp3) is 0. The van der Waals surface area contributed by atoms with Crippen LogP contribution in [0.2, 0.25) is 0 Å². The van der Waals surface area contributed by atoms with E-state index in [2.05, 4.69) is 6.07 Å². The number of hydrogen-bond acceptors (Lipinski definition) is 3. The third-order valence-corrected chi connectivity index (χ3v) is 3.79. The van der Waals surface area contributed by atoms with Crippen molar-refractivity contribution in [2.75, 3.05) is 0 Å². The van der Waals surface area contributed by atoms with Gasteiger partial charge in [-0.1, -0.05) is 0 Å². The molecule has 0 radical (unpaired) electrons. The van der Waals surface area contributed by atoms with Gasteiger partial charge in [-0.25, -0.2) is 0 Å². The highest BCUT2D eigenvalue weighted by molar-refractivity contribution is 7.08. The molecule has 0 aliphatic heterocycles. The van der Waals surface area contributed by atoms with E-state index in [-0.39, 0.29) is 0 Å². The molecule has 0 atom stereocenters. The molecule has 3 nitrogen and oxygen atoms in total. The Bertz CT molecular complexity index is 777. The fourth-order valence-corrected chi connectivity index (χ4v) is 2.72.